The SMILES string of the molecule is CN1CCN(c2cc3nc(C=Cc4ccc([N+](=O)[O-])o4)nc(NCCCN4CCCC4)c3cc2F)CC1. The summed E-state index contributed by atoms with van der Waals surface area (Å²) in [4.78, 5) is 26.4. The summed E-state index contributed by atoms with van der Waals surface area (Å²) in [5.41, 5.74) is 1.17. The molecule has 11 heteroatoms. The highest BCUT2D eigenvalue weighted by atomic mass is 19.1. The molecule has 4 heterocycles. The number of likely N-dealkylation sites (N-methyl/N-ethyl adjacent to an activating group) is 1. The van der Waals surface area contributed by atoms with Crippen molar-refractivity contribution in [1.82, 2.24) is 19.8 Å². The lowest BCUT2D eigenvalue weighted by Crippen LogP contribution is -2.44. The Morgan fingerprint density at radius 3 is 2.62 bits per heavy atom. The van der Waals surface area contributed by atoms with Crippen LogP contribution in [0.3, 0.4) is 0 Å². The summed E-state index contributed by atoms with van der Waals surface area (Å²) in [6, 6.07) is 6.14. The molecule has 2 fully saturated rings. The van der Waals surface area contributed by atoms with E-state index in [0.717, 1.165) is 52.2 Å². The molecule has 2 aliphatic heterocycles. The Kier molecular flexibility index (Phi) is 7.61. The number of rotatable bonds is 9. The first-order valence-corrected chi connectivity index (χ1v) is 12.8. The number of halogens is 1. The number of fused-ring (bicyclic) bond motifs is 1. The van der Waals surface area contributed by atoms with Gasteiger partial charge in [0.2, 0.25) is 0 Å². The highest BCUT2D eigenvalue weighted by Crippen LogP contribution is 2.30. The molecular formula is C26H32FN7O3. The van der Waals surface area contributed by atoms with Crippen molar-refractivity contribution < 1.29 is 13.7 Å². The van der Waals surface area contributed by atoms with Gasteiger partial charge in [0.1, 0.15) is 22.3 Å². The van der Waals surface area contributed by atoms with Gasteiger partial charge in [-0.05, 0) is 76.3 Å². The second-order valence-corrected chi connectivity index (χ2v) is 9.64. The summed E-state index contributed by atoms with van der Waals surface area (Å²) in [6.45, 7) is 7.25. The molecule has 2 aromatic heterocycles. The predicted molar refractivity (Wildman–Crippen MR) is 142 cm³/mol. The molecule has 3 aromatic rings. The van der Waals surface area contributed by atoms with Gasteiger partial charge < -0.3 is 24.4 Å². The van der Waals surface area contributed by atoms with Crippen molar-refractivity contribution in [2.24, 2.45) is 0 Å². The Morgan fingerprint density at radius 1 is 1.11 bits per heavy atom. The lowest BCUT2D eigenvalue weighted by Gasteiger charge is -2.34. The second kappa shape index (κ2) is 11.2. The lowest BCUT2D eigenvalue weighted by atomic mass is 10.1. The van der Waals surface area contributed by atoms with E-state index >= 15 is 4.39 Å². The summed E-state index contributed by atoms with van der Waals surface area (Å²) in [6.07, 6.45) is 6.71. The van der Waals surface area contributed by atoms with E-state index in [9.17, 15) is 10.1 Å². The van der Waals surface area contributed by atoms with Gasteiger partial charge >= 0.3 is 5.88 Å². The maximum Gasteiger partial charge on any atom is 0.433 e. The average molecular weight is 510 g/mol. The average Bonchev–Trinajstić information content (AvgIpc) is 3.58. The number of nitrogens with one attached hydrogen (secondary N) is 1. The van der Waals surface area contributed by atoms with Crippen molar-refractivity contribution in [3.63, 3.8) is 0 Å². The zero-order chi connectivity index (χ0) is 25.8. The Morgan fingerprint density at radius 2 is 1.89 bits per heavy atom. The molecule has 1 N–H and O–H groups in total. The topological polar surface area (TPSA) is 104 Å². The van der Waals surface area contributed by atoms with Crippen LogP contribution in [0, 0.1) is 15.9 Å². The van der Waals surface area contributed by atoms with E-state index in [0.29, 0.717) is 40.5 Å². The summed E-state index contributed by atoms with van der Waals surface area (Å²) in [5.74, 6) is 0.691. The van der Waals surface area contributed by atoms with E-state index in [1.54, 1.807) is 18.2 Å². The van der Waals surface area contributed by atoms with Crippen molar-refractivity contribution in [3.8, 4) is 0 Å². The minimum atomic E-state index is -0.581. The molecule has 2 saturated heterocycles. The quantitative estimate of drug-likeness (QED) is 0.259. The van der Waals surface area contributed by atoms with Gasteiger partial charge in [-0.25, -0.2) is 14.4 Å². The third kappa shape index (κ3) is 6.05. The number of piperazine rings is 1. The number of furan rings is 1. The van der Waals surface area contributed by atoms with Gasteiger partial charge in [0.25, 0.3) is 0 Å². The Labute approximate surface area is 214 Å². The van der Waals surface area contributed by atoms with E-state index < -0.39 is 4.92 Å². The molecule has 10 nitrogen and oxygen atoms in total. The molecule has 1 aromatic carbocycles. The summed E-state index contributed by atoms with van der Waals surface area (Å²) >= 11 is 0. The van der Waals surface area contributed by atoms with Crippen LogP contribution in [0.1, 0.15) is 30.8 Å². The molecule has 0 bridgehead atoms. The van der Waals surface area contributed by atoms with Crippen molar-refractivity contribution in [1.29, 1.82) is 0 Å². The van der Waals surface area contributed by atoms with Crippen LogP contribution in [-0.2, 0) is 0 Å². The molecule has 37 heavy (non-hydrogen) atoms. The van der Waals surface area contributed by atoms with Crippen LogP contribution >= 0.6 is 0 Å². The van der Waals surface area contributed by atoms with Gasteiger partial charge in [0, 0.05) is 38.1 Å². The number of nitrogens with zero attached hydrogens (tertiary/aromatic N) is 6. The fourth-order valence-corrected chi connectivity index (χ4v) is 4.86. The standard InChI is InChI=1S/C26H32FN7O3/c1-31-13-15-33(16-14-31)23-18-22-20(17-21(23)27)26(28-9-4-12-32-10-2-3-11-32)30-24(29-22)7-5-19-6-8-25(37-19)34(35)36/h5-8,17-18H,2-4,9-16H2,1H3,(H,28,29,30). The fraction of sp³-hybridized carbons (Fsp3) is 0.462. The molecule has 0 atom stereocenters. The fourth-order valence-electron chi connectivity index (χ4n) is 4.86. The zero-order valence-corrected chi connectivity index (χ0v) is 21.0. The lowest BCUT2D eigenvalue weighted by molar-refractivity contribution is -0.402. The molecule has 196 valence electrons. The number of likely N-dealkylation sites (tertiary alicyclic amines) is 1. The van der Waals surface area contributed by atoms with Gasteiger partial charge in [0.05, 0.1) is 17.3 Å². The highest BCUT2D eigenvalue weighted by Gasteiger charge is 2.20. The third-order valence-corrected chi connectivity index (χ3v) is 6.96. The maximum atomic E-state index is 15.3. The molecule has 0 amide bonds. The number of hydrogen-bond donors (Lipinski definition) is 1. The maximum absolute atomic E-state index is 15.3. The van der Waals surface area contributed by atoms with Gasteiger partial charge in [0.15, 0.2) is 5.82 Å². The van der Waals surface area contributed by atoms with E-state index in [1.807, 2.05) is 0 Å². The highest BCUT2D eigenvalue weighted by molar-refractivity contribution is 5.92. The number of benzene rings is 1. The van der Waals surface area contributed by atoms with Crippen molar-refractivity contribution >= 4 is 40.4 Å². The first-order valence-electron chi connectivity index (χ1n) is 12.8. The van der Waals surface area contributed by atoms with Gasteiger partial charge in [-0.2, -0.15) is 0 Å². The minimum Gasteiger partial charge on any atom is -0.401 e. The van der Waals surface area contributed by atoms with Crippen LogP contribution < -0.4 is 10.2 Å². The molecular weight excluding hydrogens is 477 g/mol. The zero-order valence-electron chi connectivity index (χ0n) is 21.0. The van der Waals surface area contributed by atoms with Gasteiger partial charge in [-0.1, -0.05) is 0 Å². The van der Waals surface area contributed by atoms with Crippen LogP contribution in [0.4, 0.5) is 21.8 Å². The summed E-state index contributed by atoms with van der Waals surface area (Å²) in [7, 11) is 2.06. The summed E-state index contributed by atoms with van der Waals surface area (Å²) in [5, 5.41) is 14.9. The molecule has 0 aliphatic carbocycles. The minimum absolute atomic E-state index is 0.285. The largest absolute Gasteiger partial charge is 0.433 e. The van der Waals surface area contributed by atoms with E-state index in [4.69, 9.17) is 4.42 Å². The normalized spacial score (nSPS) is 17.3. The molecule has 0 radical (unpaired) electrons. The van der Waals surface area contributed by atoms with Crippen LogP contribution in [0.15, 0.2) is 28.7 Å². The van der Waals surface area contributed by atoms with Crippen LogP contribution in [-0.4, -0.2) is 84.1 Å². The molecule has 0 spiro atoms. The first-order chi connectivity index (χ1) is 18.0. The van der Waals surface area contributed by atoms with Gasteiger partial charge in [-0.15, -0.1) is 0 Å². The summed E-state index contributed by atoms with van der Waals surface area (Å²) < 4.78 is 20.5. The first kappa shape index (κ1) is 25.1. The van der Waals surface area contributed by atoms with Crippen molar-refractivity contribution in [3.05, 3.63) is 51.8 Å². The number of hydrogen-bond acceptors (Lipinski definition) is 9. The number of anilines is 2. The Balaban J connectivity index is 1.42. The van der Waals surface area contributed by atoms with Crippen molar-refractivity contribution in [2.45, 2.75) is 19.3 Å². The molecule has 5 rings (SSSR count). The number of aromatic nitrogens is 2. The van der Waals surface area contributed by atoms with Crippen LogP contribution in [0.5, 0.6) is 0 Å². The third-order valence-electron chi connectivity index (χ3n) is 6.96. The van der Waals surface area contributed by atoms with Gasteiger partial charge in [-0.3, -0.25) is 10.1 Å². The van der Waals surface area contributed by atoms with Crippen molar-refractivity contribution in [2.75, 3.05) is 69.6 Å². The van der Waals surface area contributed by atoms with E-state index in [-0.39, 0.29) is 11.7 Å². The predicted octanol–water partition coefficient (Wildman–Crippen LogP) is 4.09. The number of nitro groups is 1. The molecule has 0 unspecified atom stereocenters. The molecule has 2 aliphatic rings. The van der Waals surface area contributed by atoms with E-state index in [2.05, 4.69) is 37.0 Å². The van der Waals surface area contributed by atoms with Crippen LogP contribution in [0.25, 0.3) is 23.1 Å². The second-order valence-electron chi connectivity index (χ2n) is 9.64. The smallest absolute Gasteiger partial charge is 0.401 e. The Hall–Kier alpha value is -3.57. The van der Waals surface area contributed by atoms with E-state index in [1.165, 1.54) is 31.0 Å². The van der Waals surface area contributed by atoms with Crippen LogP contribution in [0.2, 0.25) is 0 Å². The molecule has 0 saturated carbocycles. The monoisotopic (exact) mass is 509 g/mol. The Bertz CT molecular complexity index is 1280.